The molecule has 0 aliphatic rings. The smallest absolute Gasteiger partial charge is 0.335 e. The molecular formula is C26H23N7O3. The van der Waals surface area contributed by atoms with Gasteiger partial charge in [-0.1, -0.05) is 0 Å². The molecule has 0 atom stereocenters. The van der Waals surface area contributed by atoms with Crippen molar-refractivity contribution in [1.29, 1.82) is 0 Å². The number of anilines is 3. The first kappa shape index (κ1) is 21.7. The van der Waals surface area contributed by atoms with Crippen LogP contribution in [0.4, 0.5) is 17.5 Å². The van der Waals surface area contributed by atoms with Crippen LogP contribution < -0.4 is 22.2 Å². The maximum absolute atomic E-state index is 13.6. The molecule has 180 valence electrons. The summed E-state index contributed by atoms with van der Waals surface area (Å²) in [7, 11) is 0. The summed E-state index contributed by atoms with van der Waals surface area (Å²) < 4.78 is 8.85. The van der Waals surface area contributed by atoms with Crippen molar-refractivity contribution >= 4 is 50.5 Å². The molecular weight excluding hydrogens is 458 g/mol. The summed E-state index contributed by atoms with van der Waals surface area (Å²) >= 11 is 0. The first-order valence-corrected chi connectivity index (χ1v) is 11.5. The highest BCUT2D eigenvalue weighted by Gasteiger charge is 2.22. The Morgan fingerprint density at radius 3 is 2.69 bits per heavy atom. The number of imidazole rings is 1. The van der Waals surface area contributed by atoms with Gasteiger partial charge in [0.1, 0.15) is 16.9 Å². The van der Waals surface area contributed by atoms with Gasteiger partial charge in [-0.3, -0.25) is 13.9 Å². The molecule has 0 amide bonds. The summed E-state index contributed by atoms with van der Waals surface area (Å²) in [6.45, 7) is 5.56. The maximum Gasteiger partial charge on any atom is 0.335 e. The van der Waals surface area contributed by atoms with Crippen molar-refractivity contribution in [1.82, 2.24) is 24.1 Å². The lowest BCUT2D eigenvalue weighted by molar-refractivity contribution is 0.565. The van der Waals surface area contributed by atoms with E-state index in [1.807, 2.05) is 44.3 Å². The predicted octanol–water partition coefficient (Wildman–Crippen LogP) is 4.39. The lowest BCUT2D eigenvalue weighted by Crippen LogP contribution is -2.24. The maximum atomic E-state index is 13.6. The molecule has 0 aliphatic heterocycles. The van der Waals surface area contributed by atoms with Gasteiger partial charge in [0.05, 0.1) is 11.1 Å². The van der Waals surface area contributed by atoms with E-state index in [9.17, 15) is 9.59 Å². The Morgan fingerprint density at radius 2 is 1.89 bits per heavy atom. The van der Waals surface area contributed by atoms with Crippen molar-refractivity contribution in [3.8, 4) is 5.69 Å². The zero-order valence-electron chi connectivity index (χ0n) is 19.9. The number of aromatic amines is 1. The molecule has 0 unspecified atom stereocenters. The zero-order valence-corrected chi connectivity index (χ0v) is 19.9. The molecule has 6 rings (SSSR count). The molecule has 10 heteroatoms. The van der Waals surface area contributed by atoms with E-state index in [2.05, 4.69) is 20.3 Å². The average Bonchev–Trinajstić information content (AvgIpc) is 3.40. The van der Waals surface area contributed by atoms with Gasteiger partial charge in [0, 0.05) is 41.0 Å². The standard InChI is InChI=1S/C26H23N7O3/c1-13(2)32-24-22(33(26(32)35)17-5-7-19-15(11-17)8-9-28-19)23(27)30-25(31-24)29-16-4-6-18-20(34)10-14(3)36-21(18)12-16/h4-13,28H,1-3H3,(H3,27,29,30,31). The SMILES string of the molecule is Cc1cc(=O)c2ccc(Nc3nc(N)c4c(n3)n(C(C)C)c(=O)n4-c3ccc4[nH]ccc4c3)cc2o1. The molecule has 0 saturated carbocycles. The van der Waals surface area contributed by atoms with E-state index in [1.165, 1.54) is 6.07 Å². The summed E-state index contributed by atoms with van der Waals surface area (Å²) in [5.74, 6) is 0.907. The minimum absolute atomic E-state index is 0.109. The van der Waals surface area contributed by atoms with Crippen LogP contribution in [-0.4, -0.2) is 24.1 Å². The molecule has 0 bridgehead atoms. The molecule has 2 aromatic carbocycles. The zero-order chi connectivity index (χ0) is 25.1. The molecule has 0 spiro atoms. The normalized spacial score (nSPS) is 11.8. The van der Waals surface area contributed by atoms with Gasteiger partial charge in [-0.2, -0.15) is 9.97 Å². The fraction of sp³-hybridized carbons (Fsp3) is 0.154. The molecule has 4 N–H and O–H groups in total. The van der Waals surface area contributed by atoms with Crippen LogP contribution in [-0.2, 0) is 0 Å². The largest absolute Gasteiger partial charge is 0.461 e. The van der Waals surface area contributed by atoms with Crippen LogP contribution in [0.3, 0.4) is 0 Å². The van der Waals surface area contributed by atoms with E-state index in [4.69, 9.17) is 10.2 Å². The molecule has 36 heavy (non-hydrogen) atoms. The van der Waals surface area contributed by atoms with E-state index in [-0.39, 0.29) is 28.9 Å². The lowest BCUT2D eigenvalue weighted by Gasteiger charge is -2.10. The van der Waals surface area contributed by atoms with Gasteiger partial charge in [0.15, 0.2) is 16.9 Å². The fourth-order valence-corrected chi connectivity index (χ4v) is 4.56. The number of rotatable bonds is 4. The third kappa shape index (κ3) is 3.34. The highest BCUT2D eigenvalue weighted by molar-refractivity contribution is 5.88. The Kier molecular flexibility index (Phi) is 4.72. The third-order valence-electron chi connectivity index (χ3n) is 6.16. The quantitative estimate of drug-likeness (QED) is 0.340. The Balaban J connectivity index is 1.51. The van der Waals surface area contributed by atoms with Crippen molar-refractivity contribution in [2.24, 2.45) is 0 Å². The molecule has 0 aliphatic carbocycles. The van der Waals surface area contributed by atoms with Gasteiger partial charge >= 0.3 is 5.69 Å². The van der Waals surface area contributed by atoms with Crippen molar-refractivity contribution in [2.75, 3.05) is 11.1 Å². The number of aryl methyl sites for hydroxylation is 1. The van der Waals surface area contributed by atoms with Gasteiger partial charge in [-0.05, 0) is 57.2 Å². The van der Waals surface area contributed by atoms with Gasteiger partial charge in [-0.25, -0.2) is 4.79 Å². The Morgan fingerprint density at radius 1 is 1.06 bits per heavy atom. The number of nitrogens with two attached hydrogens (primary N) is 1. The predicted molar refractivity (Wildman–Crippen MR) is 140 cm³/mol. The molecule has 4 heterocycles. The van der Waals surface area contributed by atoms with E-state index in [0.29, 0.717) is 39.3 Å². The third-order valence-corrected chi connectivity index (χ3v) is 6.16. The van der Waals surface area contributed by atoms with Crippen LogP contribution in [0.1, 0.15) is 25.6 Å². The second kappa shape index (κ2) is 7.84. The van der Waals surface area contributed by atoms with Gasteiger partial charge < -0.3 is 20.5 Å². The topological polar surface area (TPSA) is 137 Å². The van der Waals surface area contributed by atoms with Gasteiger partial charge in [0.25, 0.3) is 0 Å². The molecule has 4 aromatic heterocycles. The van der Waals surface area contributed by atoms with E-state index in [0.717, 1.165) is 10.9 Å². The first-order valence-electron chi connectivity index (χ1n) is 11.5. The van der Waals surface area contributed by atoms with Crippen molar-refractivity contribution in [2.45, 2.75) is 26.8 Å². The highest BCUT2D eigenvalue weighted by atomic mass is 16.3. The van der Waals surface area contributed by atoms with Crippen molar-refractivity contribution < 1.29 is 4.42 Å². The van der Waals surface area contributed by atoms with Crippen LogP contribution in [0.25, 0.3) is 38.7 Å². The number of nitrogen functional groups attached to an aromatic ring is 1. The van der Waals surface area contributed by atoms with Crippen LogP contribution in [0.15, 0.2) is 68.7 Å². The van der Waals surface area contributed by atoms with Crippen molar-refractivity contribution in [3.63, 3.8) is 0 Å². The Labute approximate surface area is 204 Å². The highest BCUT2D eigenvalue weighted by Crippen LogP contribution is 2.27. The minimum atomic E-state index is -0.254. The van der Waals surface area contributed by atoms with Crippen LogP contribution in [0.2, 0.25) is 0 Å². The minimum Gasteiger partial charge on any atom is -0.461 e. The summed E-state index contributed by atoms with van der Waals surface area (Å²) in [6, 6.07) is 14.1. The molecule has 0 fully saturated rings. The molecule has 6 aromatic rings. The van der Waals surface area contributed by atoms with E-state index < -0.39 is 0 Å². The number of benzene rings is 2. The fourth-order valence-electron chi connectivity index (χ4n) is 4.56. The monoisotopic (exact) mass is 481 g/mol. The van der Waals surface area contributed by atoms with Crippen LogP contribution in [0, 0.1) is 6.92 Å². The number of nitrogens with zero attached hydrogens (tertiary/aromatic N) is 4. The molecule has 0 saturated heterocycles. The molecule has 0 radical (unpaired) electrons. The Hall–Kier alpha value is -4.86. The molecule has 10 nitrogen and oxygen atoms in total. The van der Waals surface area contributed by atoms with Gasteiger partial charge in [-0.15, -0.1) is 0 Å². The number of fused-ring (bicyclic) bond motifs is 3. The second-order valence-electron chi connectivity index (χ2n) is 8.99. The van der Waals surface area contributed by atoms with Gasteiger partial charge in [0.2, 0.25) is 5.95 Å². The van der Waals surface area contributed by atoms with Crippen LogP contribution in [0.5, 0.6) is 0 Å². The number of nitrogens with one attached hydrogen (secondary N) is 2. The number of hydrogen-bond acceptors (Lipinski definition) is 7. The summed E-state index contributed by atoms with van der Waals surface area (Å²) in [5, 5.41) is 4.58. The second-order valence-corrected chi connectivity index (χ2v) is 8.99. The van der Waals surface area contributed by atoms with Crippen LogP contribution >= 0.6 is 0 Å². The summed E-state index contributed by atoms with van der Waals surface area (Å²) in [4.78, 5) is 38.1. The lowest BCUT2D eigenvalue weighted by atomic mass is 10.2. The van der Waals surface area contributed by atoms with Crippen molar-refractivity contribution in [3.05, 3.63) is 81.2 Å². The number of aromatic nitrogens is 5. The Bertz CT molecular complexity index is 1920. The number of H-pyrrole nitrogens is 1. The summed E-state index contributed by atoms with van der Waals surface area (Å²) in [5.41, 5.74) is 9.63. The average molecular weight is 482 g/mol. The first-order chi connectivity index (χ1) is 17.3. The van der Waals surface area contributed by atoms with E-state index in [1.54, 1.807) is 34.3 Å². The summed E-state index contributed by atoms with van der Waals surface area (Å²) in [6.07, 6.45) is 1.85. The number of hydrogen-bond donors (Lipinski definition) is 3. The van der Waals surface area contributed by atoms with E-state index >= 15 is 0 Å².